The van der Waals surface area contributed by atoms with Crippen molar-refractivity contribution in [1.29, 1.82) is 0 Å². The Kier molecular flexibility index (Phi) is 7.84. The molecule has 0 amide bonds. The highest BCUT2D eigenvalue weighted by atomic mass is 32.2. The molecule has 4 aromatic rings. The molecule has 0 aliphatic rings. The van der Waals surface area contributed by atoms with E-state index in [4.69, 9.17) is 9.47 Å². The van der Waals surface area contributed by atoms with Crippen LogP contribution in [-0.4, -0.2) is 47.3 Å². The smallest absolute Gasteiger partial charge is 0.316 e. The number of hydrogen-bond acceptors (Lipinski definition) is 8. The number of anilines is 1. The molecule has 2 heterocycles. The predicted octanol–water partition coefficient (Wildman–Crippen LogP) is 3.68. The number of rotatable bonds is 11. The van der Waals surface area contributed by atoms with Gasteiger partial charge in [0.05, 0.1) is 11.3 Å². The molecule has 0 saturated heterocycles. The van der Waals surface area contributed by atoms with Crippen molar-refractivity contribution < 1.29 is 17.9 Å². The second-order valence-corrected chi connectivity index (χ2v) is 9.50. The van der Waals surface area contributed by atoms with Crippen LogP contribution in [0.1, 0.15) is 11.1 Å². The molecule has 2 aromatic heterocycles. The highest BCUT2D eigenvalue weighted by molar-refractivity contribution is 7.92. The normalized spacial score (nSPS) is 11.1. The quantitative estimate of drug-likeness (QED) is 0.316. The van der Waals surface area contributed by atoms with Crippen molar-refractivity contribution in [2.75, 3.05) is 23.7 Å². The van der Waals surface area contributed by atoms with Crippen LogP contribution < -0.4 is 14.2 Å². The third-order valence-corrected chi connectivity index (χ3v) is 6.25. The molecule has 0 aliphatic carbocycles. The molecule has 0 spiro atoms. The lowest BCUT2D eigenvalue weighted by Gasteiger charge is -2.15. The van der Waals surface area contributed by atoms with Gasteiger partial charge in [0.1, 0.15) is 19.5 Å². The van der Waals surface area contributed by atoms with Gasteiger partial charge in [-0.25, -0.2) is 28.4 Å². The van der Waals surface area contributed by atoms with Crippen LogP contribution in [0.15, 0.2) is 79.4 Å². The van der Waals surface area contributed by atoms with E-state index in [1.54, 1.807) is 18.5 Å². The van der Waals surface area contributed by atoms with E-state index in [2.05, 4.69) is 24.7 Å². The molecule has 4 rings (SSSR count). The van der Waals surface area contributed by atoms with Gasteiger partial charge in [0.15, 0.2) is 5.82 Å². The number of hydrogen-bond donors (Lipinski definition) is 1. The maximum Gasteiger partial charge on any atom is 0.316 e. The minimum absolute atomic E-state index is 0.0878. The van der Waals surface area contributed by atoms with Crippen LogP contribution in [0.25, 0.3) is 11.1 Å². The molecule has 0 bridgehead atoms. The van der Waals surface area contributed by atoms with Gasteiger partial charge >= 0.3 is 6.01 Å². The SMILES string of the molecule is Cc1ccc(-c2c(NS(=O)(=O)CCc3ccccc3)ncnc2OCCOc2ncccn2)cc1. The highest BCUT2D eigenvalue weighted by Crippen LogP contribution is 2.34. The van der Waals surface area contributed by atoms with E-state index < -0.39 is 10.0 Å². The molecule has 0 unspecified atom stereocenters. The predicted molar refractivity (Wildman–Crippen MR) is 133 cm³/mol. The van der Waals surface area contributed by atoms with E-state index in [0.717, 1.165) is 16.7 Å². The average molecular weight is 492 g/mol. The lowest BCUT2D eigenvalue weighted by atomic mass is 10.1. The van der Waals surface area contributed by atoms with Crippen molar-refractivity contribution in [3.05, 3.63) is 90.5 Å². The topological polar surface area (TPSA) is 116 Å². The second kappa shape index (κ2) is 11.4. The Bertz CT molecular complexity index is 1340. The molecule has 0 radical (unpaired) electrons. The first-order chi connectivity index (χ1) is 17.0. The van der Waals surface area contributed by atoms with Crippen LogP contribution in [0.2, 0.25) is 0 Å². The minimum Gasteiger partial charge on any atom is -0.473 e. The van der Waals surface area contributed by atoms with E-state index in [0.29, 0.717) is 12.0 Å². The van der Waals surface area contributed by atoms with Crippen molar-refractivity contribution in [1.82, 2.24) is 19.9 Å². The van der Waals surface area contributed by atoms with Crippen molar-refractivity contribution in [3.8, 4) is 23.0 Å². The molecule has 35 heavy (non-hydrogen) atoms. The van der Waals surface area contributed by atoms with Crippen LogP contribution in [-0.2, 0) is 16.4 Å². The number of benzene rings is 2. The molecule has 0 fully saturated rings. The summed E-state index contributed by atoms with van der Waals surface area (Å²) in [7, 11) is -3.69. The van der Waals surface area contributed by atoms with Crippen molar-refractivity contribution in [2.24, 2.45) is 0 Å². The largest absolute Gasteiger partial charge is 0.473 e. The number of aryl methyl sites for hydroxylation is 2. The Morgan fingerprint density at radius 2 is 1.54 bits per heavy atom. The Morgan fingerprint density at radius 3 is 2.29 bits per heavy atom. The van der Waals surface area contributed by atoms with Crippen LogP contribution in [0.3, 0.4) is 0 Å². The first-order valence-electron chi connectivity index (χ1n) is 11.0. The first-order valence-corrected chi connectivity index (χ1v) is 12.6. The Morgan fingerprint density at radius 1 is 0.829 bits per heavy atom. The Hall–Kier alpha value is -4.05. The number of ether oxygens (including phenoxy) is 2. The summed E-state index contributed by atoms with van der Waals surface area (Å²) in [6.07, 6.45) is 4.81. The monoisotopic (exact) mass is 491 g/mol. The van der Waals surface area contributed by atoms with E-state index in [1.165, 1.54) is 6.33 Å². The van der Waals surface area contributed by atoms with Gasteiger partial charge in [0.25, 0.3) is 0 Å². The molecule has 0 atom stereocenters. The van der Waals surface area contributed by atoms with E-state index >= 15 is 0 Å². The first kappa shape index (κ1) is 24.1. The standard InChI is InChI=1S/C25H25N5O4S/c1-19-8-10-21(11-9-19)22-23(30-35(31,32)17-12-20-6-3-2-4-7-20)28-18-29-24(22)33-15-16-34-25-26-13-5-14-27-25/h2-11,13-14,18H,12,15-17H2,1H3,(H,28,29,30). The number of nitrogens with zero attached hydrogens (tertiary/aromatic N) is 4. The summed E-state index contributed by atoms with van der Waals surface area (Å²) in [5.41, 5.74) is 3.17. The van der Waals surface area contributed by atoms with Crippen molar-refractivity contribution in [3.63, 3.8) is 0 Å². The summed E-state index contributed by atoms with van der Waals surface area (Å²) < 4.78 is 39.7. The zero-order valence-corrected chi connectivity index (χ0v) is 20.0. The zero-order valence-electron chi connectivity index (χ0n) is 19.2. The van der Waals surface area contributed by atoms with Gasteiger partial charge in [-0.15, -0.1) is 0 Å². The number of aromatic nitrogens is 4. The summed E-state index contributed by atoms with van der Waals surface area (Å²) in [5, 5.41) is 0. The van der Waals surface area contributed by atoms with Gasteiger partial charge in [0, 0.05) is 12.4 Å². The fraction of sp³-hybridized carbons (Fsp3) is 0.200. The zero-order chi connectivity index (χ0) is 24.5. The molecular weight excluding hydrogens is 466 g/mol. The Balaban J connectivity index is 1.53. The second-order valence-electron chi connectivity index (χ2n) is 7.65. The Labute approximate surface area is 204 Å². The fourth-order valence-corrected chi connectivity index (χ4v) is 4.32. The average Bonchev–Trinajstić information content (AvgIpc) is 2.87. The maximum atomic E-state index is 12.9. The van der Waals surface area contributed by atoms with Crippen molar-refractivity contribution in [2.45, 2.75) is 13.3 Å². The van der Waals surface area contributed by atoms with Gasteiger partial charge in [-0.3, -0.25) is 4.72 Å². The number of nitrogens with one attached hydrogen (secondary N) is 1. The molecule has 10 heteroatoms. The van der Waals surface area contributed by atoms with Gasteiger partial charge in [-0.05, 0) is 30.5 Å². The molecular formula is C25H25N5O4S. The van der Waals surface area contributed by atoms with Crippen LogP contribution >= 0.6 is 0 Å². The summed E-state index contributed by atoms with van der Waals surface area (Å²) >= 11 is 0. The molecule has 0 aliphatic heterocycles. The molecule has 0 saturated carbocycles. The molecule has 2 aromatic carbocycles. The number of sulfonamides is 1. The lowest BCUT2D eigenvalue weighted by Crippen LogP contribution is -2.20. The van der Waals surface area contributed by atoms with Crippen LogP contribution in [0.4, 0.5) is 5.82 Å². The lowest BCUT2D eigenvalue weighted by molar-refractivity contribution is 0.202. The van der Waals surface area contributed by atoms with Crippen LogP contribution in [0, 0.1) is 6.92 Å². The van der Waals surface area contributed by atoms with Gasteiger partial charge in [0.2, 0.25) is 15.9 Å². The highest BCUT2D eigenvalue weighted by Gasteiger charge is 2.20. The summed E-state index contributed by atoms with van der Waals surface area (Å²) in [5.74, 6) is 0.302. The summed E-state index contributed by atoms with van der Waals surface area (Å²) in [4.78, 5) is 16.5. The van der Waals surface area contributed by atoms with Gasteiger partial charge in [-0.2, -0.15) is 0 Å². The van der Waals surface area contributed by atoms with Crippen molar-refractivity contribution >= 4 is 15.8 Å². The molecule has 180 valence electrons. The summed E-state index contributed by atoms with van der Waals surface area (Å²) in [6.45, 7) is 2.30. The molecule has 9 nitrogen and oxygen atoms in total. The molecule has 1 N–H and O–H groups in total. The van der Waals surface area contributed by atoms with Gasteiger partial charge in [-0.1, -0.05) is 60.2 Å². The minimum atomic E-state index is -3.69. The van der Waals surface area contributed by atoms with E-state index in [-0.39, 0.29) is 36.7 Å². The third kappa shape index (κ3) is 6.97. The third-order valence-electron chi connectivity index (χ3n) is 5.00. The van der Waals surface area contributed by atoms with E-state index in [1.807, 2.05) is 61.5 Å². The maximum absolute atomic E-state index is 12.9. The van der Waals surface area contributed by atoms with E-state index in [9.17, 15) is 8.42 Å². The van der Waals surface area contributed by atoms with Crippen LogP contribution in [0.5, 0.6) is 11.9 Å². The van der Waals surface area contributed by atoms with Gasteiger partial charge < -0.3 is 9.47 Å². The summed E-state index contributed by atoms with van der Waals surface area (Å²) in [6, 6.07) is 19.0. The fourth-order valence-electron chi connectivity index (χ4n) is 3.26.